The summed E-state index contributed by atoms with van der Waals surface area (Å²) in [7, 11) is 0. The van der Waals surface area contributed by atoms with E-state index in [1.165, 1.54) is 23.1 Å². The van der Waals surface area contributed by atoms with Gasteiger partial charge in [0.05, 0.1) is 21.7 Å². The Hall–Kier alpha value is -1.57. The Morgan fingerprint density at radius 3 is 3.00 bits per heavy atom. The van der Waals surface area contributed by atoms with Crippen molar-refractivity contribution in [2.45, 2.75) is 19.6 Å². The Bertz CT molecular complexity index is 840. The summed E-state index contributed by atoms with van der Waals surface area (Å²) in [5.41, 5.74) is 2.76. The van der Waals surface area contributed by atoms with Gasteiger partial charge in [0.15, 0.2) is 5.13 Å². The van der Waals surface area contributed by atoms with Crippen LogP contribution in [0.25, 0.3) is 10.2 Å². The molecule has 0 bridgehead atoms. The number of halogens is 1. The van der Waals surface area contributed by atoms with Gasteiger partial charge >= 0.3 is 0 Å². The van der Waals surface area contributed by atoms with Gasteiger partial charge in [-0.05, 0) is 32.0 Å². The molecule has 2 aromatic heterocycles. The van der Waals surface area contributed by atoms with E-state index < -0.39 is 0 Å². The number of aromatic nitrogens is 2. The van der Waals surface area contributed by atoms with Crippen LogP contribution in [0.3, 0.4) is 0 Å². The predicted octanol–water partition coefficient (Wildman–Crippen LogP) is 4.43. The summed E-state index contributed by atoms with van der Waals surface area (Å²) in [5.74, 6) is 1.77. The predicted molar refractivity (Wildman–Crippen MR) is 95.4 cm³/mol. The van der Waals surface area contributed by atoms with Crippen LogP contribution >= 0.6 is 34.7 Å². The first kappa shape index (κ1) is 16.3. The van der Waals surface area contributed by atoms with E-state index in [4.69, 9.17) is 16.1 Å². The van der Waals surface area contributed by atoms with Crippen LogP contribution < -0.4 is 5.32 Å². The molecule has 3 rings (SSSR count). The van der Waals surface area contributed by atoms with Crippen LogP contribution in [0.4, 0.5) is 5.13 Å². The van der Waals surface area contributed by atoms with Gasteiger partial charge in [0.25, 0.3) is 0 Å². The van der Waals surface area contributed by atoms with Crippen LogP contribution in [0.15, 0.2) is 22.7 Å². The summed E-state index contributed by atoms with van der Waals surface area (Å²) in [5, 5.41) is 7.98. The smallest absolute Gasteiger partial charge is 0.236 e. The Kier molecular flexibility index (Phi) is 4.89. The molecule has 5 nitrogen and oxygen atoms in total. The summed E-state index contributed by atoms with van der Waals surface area (Å²) in [4.78, 5) is 16.4. The second kappa shape index (κ2) is 6.90. The number of thioether (sulfide) groups is 1. The highest BCUT2D eigenvalue weighted by Crippen LogP contribution is 2.28. The van der Waals surface area contributed by atoms with Gasteiger partial charge in [0.2, 0.25) is 5.91 Å². The van der Waals surface area contributed by atoms with Crippen molar-refractivity contribution in [3.63, 3.8) is 0 Å². The molecule has 0 saturated heterocycles. The molecule has 0 saturated carbocycles. The summed E-state index contributed by atoms with van der Waals surface area (Å²) in [6, 6.07) is 5.47. The van der Waals surface area contributed by atoms with Gasteiger partial charge in [0.1, 0.15) is 5.76 Å². The highest BCUT2D eigenvalue weighted by atomic mass is 35.5. The largest absolute Gasteiger partial charge is 0.361 e. The third-order valence-electron chi connectivity index (χ3n) is 3.26. The molecule has 1 N–H and O–H groups in total. The monoisotopic (exact) mass is 367 g/mol. The van der Waals surface area contributed by atoms with Crippen LogP contribution in [0.5, 0.6) is 0 Å². The van der Waals surface area contributed by atoms with E-state index in [-0.39, 0.29) is 5.91 Å². The minimum absolute atomic E-state index is 0.0769. The van der Waals surface area contributed by atoms with Gasteiger partial charge in [-0.3, -0.25) is 4.79 Å². The first-order valence-corrected chi connectivity index (χ1v) is 9.23. The van der Waals surface area contributed by atoms with Gasteiger partial charge in [-0.25, -0.2) is 4.98 Å². The standard InChI is InChI=1S/C15H14ClN3O2S2/c1-8-11(9(2)21-19-8)6-22-7-14(20)18-15-17-12-4-3-10(16)5-13(12)23-15/h3-5H,6-7H2,1-2H3,(H,17,18,20). The fraction of sp³-hybridized carbons (Fsp3) is 0.267. The summed E-state index contributed by atoms with van der Waals surface area (Å²) >= 11 is 8.89. The molecular weight excluding hydrogens is 354 g/mol. The number of hydrogen-bond donors (Lipinski definition) is 1. The Balaban J connectivity index is 1.56. The topological polar surface area (TPSA) is 68.0 Å². The molecule has 0 radical (unpaired) electrons. The number of fused-ring (bicyclic) bond motifs is 1. The van der Waals surface area contributed by atoms with Gasteiger partial charge < -0.3 is 9.84 Å². The Morgan fingerprint density at radius 1 is 1.43 bits per heavy atom. The van der Waals surface area contributed by atoms with Crippen molar-refractivity contribution in [2.75, 3.05) is 11.1 Å². The molecule has 1 aromatic carbocycles. The lowest BCUT2D eigenvalue weighted by molar-refractivity contribution is -0.113. The number of aryl methyl sites for hydroxylation is 2. The van der Waals surface area contributed by atoms with Crippen LogP contribution in [0.2, 0.25) is 5.02 Å². The summed E-state index contributed by atoms with van der Waals surface area (Å²) in [6.45, 7) is 3.78. The van der Waals surface area contributed by atoms with Crippen LogP contribution in [-0.4, -0.2) is 21.8 Å². The number of carbonyl (C=O) groups is 1. The number of rotatable bonds is 5. The first-order valence-electron chi connectivity index (χ1n) is 6.88. The number of hydrogen-bond acceptors (Lipinski definition) is 6. The van der Waals surface area contributed by atoms with Gasteiger partial charge in [-0.2, -0.15) is 0 Å². The van der Waals surface area contributed by atoms with Gasteiger partial charge in [-0.1, -0.05) is 28.1 Å². The van der Waals surface area contributed by atoms with E-state index in [9.17, 15) is 4.79 Å². The number of nitrogens with one attached hydrogen (secondary N) is 1. The maximum atomic E-state index is 12.0. The van der Waals surface area contributed by atoms with Crippen molar-refractivity contribution < 1.29 is 9.32 Å². The molecule has 0 spiro atoms. The van der Waals surface area contributed by atoms with E-state index in [1.54, 1.807) is 6.07 Å². The number of anilines is 1. The minimum atomic E-state index is -0.0769. The number of amides is 1. The van der Waals surface area contributed by atoms with Crippen molar-refractivity contribution in [1.29, 1.82) is 0 Å². The zero-order chi connectivity index (χ0) is 16.4. The highest BCUT2D eigenvalue weighted by molar-refractivity contribution is 7.99. The average molecular weight is 368 g/mol. The number of nitrogens with zero attached hydrogens (tertiary/aromatic N) is 2. The zero-order valence-corrected chi connectivity index (χ0v) is 14.9. The van der Waals surface area contributed by atoms with Crippen molar-refractivity contribution in [3.8, 4) is 0 Å². The van der Waals surface area contributed by atoms with Crippen LogP contribution in [-0.2, 0) is 10.5 Å². The maximum absolute atomic E-state index is 12.0. The van der Waals surface area contributed by atoms with Crippen molar-refractivity contribution in [1.82, 2.24) is 10.1 Å². The Labute approximate surface area is 146 Å². The van der Waals surface area contributed by atoms with Crippen molar-refractivity contribution >= 4 is 56.0 Å². The fourth-order valence-corrected chi connectivity index (χ4v) is 4.20. The minimum Gasteiger partial charge on any atom is -0.361 e. The summed E-state index contributed by atoms with van der Waals surface area (Å²) < 4.78 is 6.06. The molecule has 1 amide bonds. The lowest BCUT2D eigenvalue weighted by atomic mass is 10.2. The van der Waals surface area contributed by atoms with E-state index in [0.717, 1.165) is 27.2 Å². The molecule has 23 heavy (non-hydrogen) atoms. The van der Waals surface area contributed by atoms with Gasteiger partial charge in [-0.15, -0.1) is 11.8 Å². The zero-order valence-electron chi connectivity index (χ0n) is 12.6. The maximum Gasteiger partial charge on any atom is 0.236 e. The van der Waals surface area contributed by atoms with Crippen LogP contribution in [0.1, 0.15) is 17.0 Å². The molecule has 0 aliphatic carbocycles. The fourth-order valence-electron chi connectivity index (χ4n) is 2.06. The normalized spacial score (nSPS) is 11.1. The molecule has 2 heterocycles. The molecule has 0 unspecified atom stereocenters. The second-order valence-electron chi connectivity index (χ2n) is 4.97. The lowest BCUT2D eigenvalue weighted by Gasteiger charge is -2.02. The quantitative estimate of drug-likeness (QED) is 0.722. The number of benzene rings is 1. The van der Waals surface area contributed by atoms with E-state index >= 15 is 0 Å². The third-order valence-corrected chi connectivity index (χ3v) is 5.39. The molecule has 0 aliphatic heterocycles. The van der Waals surface area contributed by atoms with E-state index in [2.05, 4.69) is 15.5 Å². The second-order valence-corrected chi connectivity index (χ2v) is 7.43. The number of carbonyl (C=O) groups excluding carboxylic acids is 1. The molecule has 120 valence electrons. The van der Waals surface area contributed by atoms with Crippen molar-refractivity contribution in [3.05, 3.63) is 40.2 Å². The first-order chi connectivity index (χ1) is 11.0. The van der Waals surface area contributed by atoms with E-state index in [1.807, 2.05) is 26.0 Å². The molecule has 0 aliphatic rings. The van der Waals surface area contributed by atoms with Crippen molar-refractivity contribution in [2.24, 2.45) is 0 Å². The van der Waals surface area contributed by atoms with Gasteiger partial charge in [0, 0.05) is 16.3 Å². The van der Waals surface area contributed by atoms with Crippen LogP contribution in [0, 0.1) is 13.8 Å². The van der Waals surface area contributed by atoms with E-state index in [0.29, 0.717) is 21.7 Å². The third kappa shape index (κ3) is 3.85. The molecule has 0 fully saturated rings. The molecule has 3 aromatic rings. The number of thiazole rings is 1. The average Bonchev–Trinajstić information content (AvgIpc) is 3.03. The molecule has 0 atom stereocenters. The summed E-state index contributed by atoms with van der Waals surface area (Å²) in [6.07, 6.45) is 0. The molecule has 8 heteroatoms. The SMILES string of the molecule is Cc1noc(C)c1CSCC(=O)Nc1nc2ccc(Cl)cc2s1. The highest BCUT2D eigenvalue weighted by Gasteiger charge is 2.11. The Morgan fingerprint density at radius 2 is 2.26 bits per heavy atom. The lowest BCUT2D eigenvalue weighted by Crippen LogP contribution is -2.13. The molecular formula is C15H14ClN3O2S2.